The first-order valence-electron chi connectivity index (χ1n) is 7.67. The number of sulfonamides is 1. The minimum Gasteiger partial charge on any atom is -0.207 e. The zero-order chi connectivity index (χ0) is 16.7. The standard InChI is InChI=1S/C17H25NO2SSi/c1-13(2)17-16(11-12-22(4,5)6)18(17)21(19,20)15-9-7-14(3)8-10-15/h7-10,13,16-17H,1-6H3/t16-,17-,18?/m1/s1. The van der Waals surface area contributed by atoms with Crippen molar-refractivity contribution in [3.63, 3.8) is 0 Å². The van der Waals surface area contributed by atoms with E-state index in [2.05, 4.69) is 45.0 Å². The lowest BCUT2D eigenvalue weighted by Crippen LogP contribution is -2.18. The molecule has 0 aromatic heterocycles. The molecule has 3 nitrogen and oxygen atoms in total. The fraction of sp³-hybridized carbons (Fsp3) is 0.529. The normalized spacial score (nSPS) is 24.8. The van der Waals surface area contributed by atoms with Crippen molar-refractivity contribution in [2.24, 2.45) is 5.92 Å². The molecule has 1 unspecified atom stereocenters. The highest BCUT2D eigenvalue weighted by Crippen LogP contribution is 2.39. The molecule has 1 saturated heterocycles. The van der Waals surface area contributed by atoms with E-state index in [0.717, 1.165) is 5.56 Å². The van der Waals surface area contributed by atoms with Gasteiger partial charge in [-0.15, -0.1) is 5.54 Å². The average Bonchev–Trinajstić information content (AvgIpc) is 3.11. The van der Waals surface area contributed by atoms with Gasteiger partial charge in [0.05, 0.1) is 10.9 Å². The van der Waals surface area contributed by atoms with Crippen LogP contribution in [0.3, 0.4) is 0 Å². The number of nitrogens with zero attached hydrogens (tertiary/aromatic N) is 1. The zero-order valence-corrected chi connectivity index (χ0v) is 16.0. The first kappa shape index (κ1) is 17.3. The van der Waals surface area contributed by atoms with Crippen molar-refractivity contribution < 1.29 is 8.42 Å². The lowest BCUT2D eigenvalue weighted by atomic mass is 10.1. The van der Waals surface area contributed by atoms with Crippen LogP contribution in [0.1, 0.15) is 19.4 Å². The molecule has 1 aromatic carbocycles. The first-order valence-corrected chi connectivity index (χ1v) is 12.6. The Morgan fingerprint density at radius 1 is 1.14 bits per heavy atom. The van der Waals surface area contributed by atoms with Crippen molar-refractivity contribution >= 4 is 18.1 Å². The number of benzene rings is 1. The Balaban J connectivity index is 2.33. The molecule has 22 heavy (non-hydrogen) atoms. The van der Waals surface area contributed by atoms with Crippen LogP contribution in [-0.4, -0.2) is 32.9 Å². The van der Waals surface area contributed by atoms with E-state index in [9.17, 15) is 8.42 Å². The van der Waals surface area contributed by atoms with Crippen molar-refractivity contribution in [1.29, 1.82) is 0 Å². The summed E-state index contributed by atoms with van der Waals surface area (Å²) >= 11 is 0. The minimum atomic E-state index is -3.45. The number of hydrogen-bond acceptors (Lipinski definition) is 2. The van der Waals surface area contributed by atoms with Gasteiger partial charge >= 0.3 is 0 Å². The predicted molar refractivity (Wildman–Crippen MR) is 93.7 cm³/mol. The van der Waals surface area contributed by atoms with Crippen LogP contribution in [0.25, 0.3) is 0 Å². The van der Waals surface area contributed by atoms with Gasteiger partial charge in [0, 0.05) is 0 Å². The molecule has 0 radical (unpaired) electrons. The average molecular weight is 336 g/mol. The van der Waals surface area contributed by atoms with Gasteiger partial charge in [-0.05, 0) is 25.0 Å². The molecule has 1 aliphatic heterocycles. The molecule has 0 saturated carbocycles. The summed E-state index contributed by atoms with van der Waals surface area (Å²) < 4.78 is 27.2. The van der Waals surface area contributed by atoms with E-state index in [0.29, 0.717) is 4.90 Å². The predicted octanol–water partition coefficient (Wildman–Crippen LogP) is 3.27. The Hall–Kier alpha value is -1.09. The highest BCUT2D eigenvalue weighted by Gasteiger charge is 2.56. The van der Waals surface area contributed by atoms with Crippen LogP contribution < -0.4 is 0 Å². The Bertz CT molecular complexity index is 706. The molecule has 1 fully saturated rings. The third-order valence-corrected chi connectivity index (χ3v) is 6.46. The fourth-order valence-corrected chi connectivity index (χ4v) is 4.87. The van der Waals surface area contributed by atoms with Gasteiger partial charge in [0.15, 0.2) is 0 Å². The third kappa shape index (κ3) is 3.62. The van der Waals surface area contributed by atoms with E-state index in [1.54, 1.807) is 16.4 Å². The van der Waals surface area contributed by atoms with E-state index in [1.165, 1.54) is 0 Å². The molecule has 1 aromatic rings. The molecule has 1 aliphatic rings. The summed E-state index contributed by atoms with van der Waals surface area (Å²) in [5.41, 5.74) is 4.37. The molecule has 0 amide bonds. The van der Waals surface area contributed by atoms with Crippen LogP contribution in [0, 0.1) is 24.3 Å². The summed E-state index contributed by atoms with van der Waals surface area (Å²) in [5.74, 6) is 3.49. The van der Waals surface area contributed by atoms with Crippen LogP contribution >= 0.6 is 0 Å². The van der Waals surface area contributed by atoms with E-state index >= 15 is 0 Å². The molecule has 0 bridgehead atoms. The van der Waals surface area contributed by atoms with Crippen LogP contribution in [-0.2, 0) is 10.0 Å². The number of hydrogen-bond donors (Lipinski definition) is 0. The zero-order valence-electron chi connectivity index (χ0n) is 14.2. The van der Waals surface area contributed by atoms with Gasteiger partial charge in [-0.2, -0.15) is 4.31 Å². The third-order valence-electron chi connectivity index (χ3n) is 3.68. The van der Waals surface area contributed by atoms with Crippen LogP contribution in [0.15, 0.2) is 29.2 Å². The number of rotatable bonds is 3. The Labute approximate surface area is 135 Å². The molecule has 2 rings (SSSR count). The summed E-state index contributed by atoms with van der Waals surface area (Å²) in [4.78, 5) is 0.362. The van der Waals surface area contributed by atoms with Gasteiger partial charge in [0.2, 0.25) is 10.0 Å². The first-order chi connectivity index (χ1) is 10.0. The van der Waals surface area contributed by atoms with E-state index in [1.807, 2.05) is 19.1 Å². The van der Waals surface area contributed by atoms with Crippen molar-refractivity contribution in [3.05, 3.63) is 29.8 Å². The summed E-state index contributed by atoms with van der Waals surface area (Å²) in [6, 6.07) is 6.87. The Morgan fingerprint density at radius 3 is 2.14 bits per heavy atom. The molecule has 0 spiro atoms. The highest BCUT2D eigenvalue weighted by atomic mass is 32.2. The SMILES string of the molecule is Cc1ccc(S(=O)(=O)N2[C@H](C#C[Si](C)(C)C)[C@H]2C(C)C)cc1. The maximum Gasteiger partial charge on any atom is 0.244 e. The summed E-state index contributed by atoms with van der Waals surface area (Å²) in [6.07, 6.45) is 0. The van der Waals surface area contributed by atoms with Gasteiger partial charge in [-0.1, -0.05) is 57.1 Å². The Kier molecular flexibility index (Phi) is 4.58. The second kappa shape index (κ2) is 5.84. The van der Waals surface area contributed by atoms with Gasteiger partial charge < -0.3 is 0 Å². The van der Waals surface area contributed by atoms with Crippen molar-refractivity contribution in [1.82, 2.24) is 4.31 Å². The molecular formula is C17H25NO2SSi. The second-order valence-electron chi connectivity index (χ2n) is 7.35. The minimum absolute atomic E-state index is 0.00449. The van der Waals surface area contributed by atoms with Crippen LogP contribution in [0.5, 0.6) is 0 Å². The van der Waals surface area contributed by atoms with E-state index < -0.39 is 18.1 Å². The van der Waals surface area contributed by atoms with Gasteiger partial charge in [0.1, 0.15) is 14.1 Å². The molecule has 120 valence electrons. The van der Waals surface area contributed by atoms with Crippen LogP contribution in [0.4, 0.5) is 0 Å². The lowest BCUT2D eigenvalue weighted by molar-refractivity contribution is 0.517. The topological polar surface area (TPSA) is 37.1 Å². The molecular weight excluding hydrogens is 310 g/mol. The van der Waals surface area contributed by atoms with Crippen LogP contribution in [0.2, 0.25) is 19.6 Å². The molecule has 1 heterocycles. The fourth-order valence-electron chi connectivity index (χ4n) is 2.47. The highest BCUT2D eigenvalue weighted by molar-refractivity contribution is 7.89. The molecule has 0 N–H and O–H groups in total. The van der Waals surface area contributed by atoms with E-state index in [-0.39, 0.29) is 18.0 Å². The quantitative estimate of drug-likeness (QED) is 0.483. The number of aryl methyl sites for hydroxylation is 1. The van der Waals surface area contributed by atoms with Gasteiger partial charge in [-0.3, -0.25) is 0 Å². The molecule has 5 heteroatoms. The summed E-state index contributed by atoms with van der Waals surface area (Å²) in [7, 11) is -4.95. The lowest BCUT2D eigenvalue weighted by Gasteiger charge is -2.08. The maximum absolute atomic E-state index is 12.8. The van der Waals surface area contributed by atoms with Gasteiger partial charge in [0.25, 0.3) is 0 Å². The van der Waals surface area contributed by atoms with Gasteiger partial charge in [-0.25, -0.2) is 8.42 Å². The maximum atomic E-state index is 12.8. The second-order valence-corrected chi connectivity index (χ2v) is 13.9. The van der Waals surface area contributed by atoms with Crippen molar-refractivity contribution in [2.45, 2.75) is 57.4 Å². The summed E-state index contributed by atoms with van der Waals surface area (Å²) in [5, 5.41) is 0. The monoisotopic (exact) mass is 335 g/mol. The van der Waals surface area contributed by atoms with Crippen molar-refractivity contribution in [2.75, 3.05) is 0 Å². The van der Waals surface area contributed by atoms with E-state index in [4.69, 9.17) is 0 Å². The Morgan fingerprint density at radius 2 is 1.68 bits per heavy atom. The summed E-state index contributed by atoms with van der Waals surface area (Å²) in [6.45, 7) is 12.6. The largest absolute Gasteiger partial charge is 0.244 e. The molecule has 0 aliphatic carbocycles. The molecule has 3 atom stereocenters. The smallest absolute Gasteiger partial charge is 0.207 e. The van der Waals surface area contributed by atoms with Crippen molar-refractivity contribution in [3.8, 4) is 11.5 Å².